The average molecular weight is 337 g/mol. The maximum atomic E-state index is 12.5. The van der Waals surface area contributed by atoms with Crippen LogP contribution in [-0.2, 0) is 7.05 Å². The van der Waals surface area contributed by atoms with E-state index in [1.54, 1.807) is 0 Å². The lowest BCUT2D eigenvalue weighted by Crippen LogP contribution is -2.06. The van der Waals surface area contributed by atoms with Crippen molar-refractivity contribution in [1.82, 2.24) is 14.8 Å². The monoisotopic (exact) mass is 337 g/mol. The van der Waals surface area contributed by atoms with Crippen molar-refractivity contribution in [3.8, 4) is 11.4 Å². The molecular weight excluding hydrogens is 318 g/mol. The quantitative estimate of drug-likeness (QED) is 0.520. The number of aryl methyl sites for hydroxylation is 2. The number of rotatable bonds is 5. The van der Waals surface area contributed by atoms with E-state index in [2.05, 4.69) is 10.2 Å². The Balaban J connectivity index is 1.73. The van der Waals surface area contributed by atoms with Gasteiger partial charge in [0.2, 0.25) is 0 Å². The molecule has 3 aromatic rings. The maximum absolute atomic E-state index is 12.5. The predicted molar refractivity (Wildman–Crippen MR) is 97.4 cm³/mol. The van der Waals surface area contributed by atoms with Gasteiger partial charge in [0.1, 0.15) is 0 Å². The Labute approximate surface area is 145 Å². The molecule has 0 bridgehead atoms. The fourth-order valence-corrected chi connectivity index (χ4v) is 3.41. The average Bonchev–Trinajstić information content (AvgIpc) is 2.94. The van der Waals surface area contributed by atoms with Crippen molar-refractivity contribution >= 4 is 17.5 Å². The molecule has 1 aromatic heterocycles. The highest BCUT2D eigenvalue weighted by Crippen LogP contribution is 2.23. The number of carbonyl (C=O) groups is 1. The molecule has 0 amide bonds. The van der Waals surface area contributed by atoms with Gasteiger partial charge in [-0.15, -0.1) is 10.2 Å². The van der Waals surface area contributed by atoms with Gasteiger partial charge >= 0.3 is 0 Å². The normalized spacial score (nSPS) is 10.8. The third kappa shape index (κ3) is 3.41. The van der Waals surface area contributed by atoms with Crippen molar-refractivity contribution in [2.75, 3.05) is 5.75 Å². The number of benzene rings is 2. The van der Waals surface area contributed by atoms with Crippen molar-refractivity contribution < 1.29 is 4.79 Å². The van der Waals surface area contributed by atoms with Crippen molar-refractivity contribution in [2.24, 2.45) is 7.05 Å². The first kappa shape index (κ1) is 16.5. The smallest absolute Gasteiger partial charge is 0.191 e. The molecule has 0 aliphatic heterocycles. The van der Waals surface area contributed by atoms with Gasteiger partial charge in [0.15, 0.2) is 16.8 Å². The second-order valence-corrected chi connectivity index (χ2v) is 6.70. The highest BCUT2D eigenvalue weighted by molar-refractivity contribution is 7.99. The Morgan fingerprint density at radius 2 is 1.83 bits per heavy atom. The first-order chi connectivity index (χ1) is 11.6. The van der Waals surface area contributed by atoms with Gasteiger partial charge in [-0.3, -0.25) is 4.79 Å². The molecule has 4 nitrogen and oxygen atoms in total. The molecule has 0 saturated carbocycles. The number of hydrogen-bond donors (Lipinski definition) is 0. The summed E-state index contributed by atoms with van der Waals surface area (Å²) in [7, 11) is 1.92. The molecule has 3 rings (SSSR count). The summed E-state index contributed by atoms with van der Waals surface area (Å²) in [4.78, 5) is 12.5. The summed E-state index contributed by atoms with van der Waals surface area (Å²) in [6, 6.07) is 15.8. The first-order valence-electron chi connectivity index (χ1n) is 7.74. The van der Waals surface area contributed by atoms with Crippen LogP contribution < -0.4 is 0 Å². The molecule has 0 saturated heterocycles. The first-order valence-corrected chi connectivity index (χ1v) is 8.73. The van der Waals surface area contributed by atoms with Crippen LogP contribution in [0, 0.1) is 13.8 Å². The highest BCUT2D eigenvalue weighted by atomic mass is 32.2. The Morgan fingerprint density at radius 3 is 2.54 bits per heavy atom. The van der Waals surface area contributed by atoms with Gasteiger partial charge in [0, 0.05) is 18.2 Å². The van der Waals surface area contributed by atoms with E-state index in [1.807, 2.05) is 74.0 Å². The number of ketones is 1. The van der Waals surface area contributed by atoms with Gasteiger partial charge < -0.3 is 4.57 Å². The topological polar surface area (TPSA) is 47.8 Å². The zero-order chi connectivity index (χ0) is 17.1. The predicted octanol–water partition coefficient (Wildman–Crippen LogP) is 4.07. The van der Waals surface area contributed by atoms with Crippen LogP contribution in [0.5, 0.6) is 0 Å². The molecule has 0 aliphatic rings. The summed E-state index contributed by atoms with van der Waals surface area (Å²) in [5, 5.41) is 9.21. The van der Waals surface area contributed by atoms with E-state index in [1.165, 1.54) is 11.8 Å². The summed E-state index contributed by atoms with van der Waals surface area (Å²) in [6.07, 6.45) is 0. The molecule has 1 heterocycles. The molecule has 0 aliphatic carbocycles. The van der Waals surface area contributed by atoms with E-state index in [-0.39, 0.29) is 5.78 Å². The minimum atomic E-state index is 0.113. The van der Waals surface area contributed by atoms with Crippen LogP contribution in [0.3, 0.4) is 0 Å². The van der Waals surface area contributed by atoms with E-state index >= 15 is 0 Å². The van der Waals surface area contributed by atoms with Crippen molar-refractivity contribution in [1.29, 1.82) is 0 Å². The summed E-state index contributed by atoms with van der Waals surface area (Å²) in [5.74, 6) is 1.27. The number of nitrogens with zero attached hydrogens (tertiary/aromatic N) is 3. The molecule has 24 heavy (non-hydrogen) atoms. The van der Waals surface area contributed by atoms with E-state index in [0.29, 0.717) is 5.75 Å². The maximum Gasteiger partial charge on any atom is 0.191 e. The molecule has 2 aromatic carbocycles. The number of hydrogen-bond acceptors (Lipinski definition) is 4. The molecule has 122 valence electrons. The Kier molecular flexibility index (Phi) is 4.81. The van der Waals surface area contributed by atoms with Gasteiger partial charge in [0.25, 0.3) is 0 Å². The van der Waals surface area contributed by atoms with Crippen LogP contribution in [0.25, 0.3) is 11.4 Å². The van der Waals surface area contributed by atoms with Crippen LogP contribution in [0.15, 0.2) is 53.7 Å². The lowest BCUT2D eigenvalue weighted by Gasteiger charge is -2.06. The van der Waals surface area contributed by atoms with E-state index in [4.69, 9.17) is 0 Å². The second kappa shape index (κ2) is 7.01. The van der Waals surface area contributed by atoms with Crippen LogP contribution >= 0.6 is 11.8 Å². The largest absolute Gasteiger partial charge is 0.305 e. The summed E-state index contributed by atoms with van der Waals surface area (Å²) in [6.45, 7) is 4.00. The van der Waals surface area contributed by atoms with Crippen LogP contribution in [0.2, 0.25) is 0 Å². The fraction of sp³-hybridized carbons (Fsp3) is 0.211. The highest BCUT2D eigenvalue weighted by Gasteiger charge is 2.14. The van der Waals surface area contributed by atoms with Gasteiger partial charge in [-0.05, 0) is 19.4 Å². The number of Topliss-reactive ketones (excluding diaryl/α,β-unsaturated/α-hetero) is 1. The Bertz CT molecular complexity index is 872. The van der Waals surface area contributed by atoms with Gasteiger partial charge in [0.05, 0.1) is 5.75 Å². The minimum absolute atomic E-state index is 0.113. The standard InChI is InChI=1S/C19H19N3OS/c1-13-9-10-16(14(2)11-13)17(23)12-24-19-21-20-18(22(19)3)15-7-5-4-6-8-15/h4-11H,12H2,1-3H3. The third-order valence-electron chi connectivity index (χ3n) is 3.88. The Hall–Kier alpha value is -2.40. The summed E-state index contributed by atoms with van der Waals surface area (Å²) < 4.78 is 1.93. The van der Waals surface area contributed by atoms with Crippen molar-refractivity contribution in [3.63, 3.8) is 0 Å². The molecule has 5 heteroatoms. The zero-order valence-electron chi connectivity index (χ0n) is 14.0. The minimum Gasteiger partial charge on any atom is -0.305 e. The van der Waals surface area contributed by atoms with Crippen LogP contribution in [0.1, 0.15) is 21.5 Å². The van der Waals surface area contributed by atoms with Crippen molar-refractivity contribution in [3.05, 3.63) is 65.2 Å². The third-order valence-corrected chi connectivity index (χ3v) is 4.90. The number of thioether (sulfide) groups is 1. The molecule has 0 unspecified atom stereocenters. The van der Waals surface area contributed by atoms with Gasteiger partial charge in [-0.1, -0.05) is 65.9 Å². The molecular formula is C19H19N3OS. The van der Waals surface area contributed by atoms with E-state index in [9.17, 15) is 4.79 Å². The second-order valence-electron chi connectivity index (χ2n) is 5.76. The fourth-order valence-electron chi connectivity index (χ4n) is 2.61. The summed E-state index contributed by atoms with van der Waals surface area (Å²) >= 11 is 1.42. The lowest BCUT2D eigenvalue weighted by molar-refractivity contribution is 0.102. The number of aromatic nitrogens is 3. The molecule has 0 N–H and O–H groups in total. The van der Waals surface area contributed by atoms with Crippen LogP contribution in [-0.4, -0.2) is 26.3 Å². The van der Waals surface area contributed by atoms with Crippen molar-refractivity contribution in [2.45, 2.75) is 19.0 Å². The summed E-state index contributed by atoms with van der Waals surface area (Å²) in [5.41, 5.74) is 3.97. The van der Waals surface area contributed by atoms with Gasteiger partial charge in [-0.2, -0.15) is 0 Å². The molecule has 0 radical (unpaired) electrons. The van der Waals surface area contributed by atoms with Gasteiger partial charge in [-0.25, -0.2) is 0 Å². The van der Waals surface area contributed by atoms with E-state index in [0.717, 1.165) is 33.2 Å². The molecule has 0 fully saturated rings. The molecule has 0 spiro atoms. The zero-order valence-corrected chi connectivity index (χ0v) is 14.8. The SMILES string of the molecule is Cc1ccc(C(=O)CSc2nnc(-c3ccccc3)n2C)c(C)c1. The van der Waals surface area contributed by atoms with Crippen LogP contribution in [0.4, 0.5) is 0 Å². The van der Waals surface area contributed by atoms with E-state index < -0.39 is 0 Å². The number of carbonyl (C=O) groups excluding carboxylic acids is 1. The Morgan fingerprint density at radius 1 is 1.08 bits per heavy atom. The lowest BCUT2D eigenvalue weighted by atomic mass is 10.0. The molecule has 0 atom stereocenters.